The predicted molar refractivity (Wildman–Crippen MR) is 76.3 cm³/mol. The van der Waals surface area contributed by atoms with Crippen molar-refractivity contribution >= 4 is 22.6 Å². The molecular formula is C13H17N3O3S. The van der Waals surface area contributed by atoms with E-state index in [0.29, 0.717) is 23.2 Å². The lowest BCUT2D eigenvalue weighted by Crippen LogP contribution is -2.13. The van der Waals surface area contributed by atoms with Gasteiger partial charge in [0.25, 0.3) is 0 Å². The van der Waals surface area contributed by atoms with Gasteiger partial charge in [0.15, 0.2) is 0 Å². The first kappa shape index (κ1) is 14.5. The third-order valence-corrected chi connectivity index (χ3v) is 3.38. The molecule has 0 radical (unpaired) electrons. The van der Waals surface area contributed by atoms with E-state index in [0.717, 1.165) is 5.82 Å². The molecule has 0 saturated carbocycles. The highest BCUT2D eigenvalue weighted by Gasteiger charge is 2.20. The van der Waals surface area contributed by atoms with Crippen LogP contribution in [0.2, 0.25) is 0 Å². The number of nitrogens with zero attached hydrogens (tertiary/aromatic N) is 2. The fourth-order valence-electron chi connectivity index (χ4n) is 1.61. The summed E-state index contributed by atoms with van der Waals surface area (Å²) < 4.78 is 9.68. The van der Waals surface area contributed by atoms with Crippen molar-refractivity contribution < 1.29 is 14.3 Å². The maximum atomic E-state index is 10.9. The van der Waals surface area contributed by atoms with Crippen molar-refractivity contribution in [3.05, 3.63) is 29.0 Å². The topological polar surface area (TPSA) is 88.3 Å². The highest BCUT2D eigenvalue weighted by atomic mass is 32.1. The van der Waals surface area contributed by atoms with Gasteiger partial charge in [0, 0.05) is 16.9 Å². The van der Waals surface area contributed by atoms with Crippen molar-refractivity contribution in [3.63, 3.8) is 0 Å². The minimum absolute atomic E-state index is 0.0891. The van der Waals surface area contributed by atoms with Crippen molar-refractivity contribution in [2.75, 3.05) is 5.32 Å². The monoisotopic (exact) mass is 295 g/mol. The summed E-state index contributed by atoms with van der Waals surface area (Å²) in [6.45, 7) is 8.16. The second-order valence-electron chi connectivity index (χ2n) is 5.51. The van der Waals surface area contributed by atoms with E-state index in [1.165, 1.54) is 17.6 Å². The molecule has 2 heterocycles. The zero-order chi connectivity index (χ0) is 14.9. The second-order valence-corrected chi connectivity index (χ2v) is 6.27. The van der Waals surface area contributed by atoms with Crippen LogP contribution in [0.3, 0.4) is 0 Å². The lowest BCUT2D eigenvalue weighted by molar-refractivity contribution is 0.0695. The van der Waals surface area contributed by atoms with E-state index in [9.17, 15) is 4.79 Å². The molecule has 0 saturated heterocycles. The van der Waals surface area contributed by atoms with Crippen molar-refractivity contribution in [1.29, 1.82) is 0 Å². The van der Waals surface area contributed by atoms with Crippen molar-refractivity contribution in [3.8, 4) is 0 Å². The molecule has 2 aromatic heterocycles. The molecule has 108 valence electrons. The van der Waals surface area contributed by atoms with Crippen LogP contribution in [0.1, 0.15) is 48.5 Å². The van der Waals surface area contributed by atoms with Crippen LogP contribution in [0.5, 0.6) is 0 Å². The third kappa shape index (κ3) is 3.16. The van der Waals surface area contributed by atoms with Crippen molar-refractivity contribution in [2.45, 2.75) is 39.7 Å². The van der Waals surface area contributed by atoms with Gasteiger partial charge in [0.2, 0.25) is 5.13 Å². The van der Waals surface area contributed by atoms with Crippen LogP contribution in [0, 0.1) is 6.92 Å². The molecule has 0 unspecified atom stereocenters. The van der Waals surface area contributed by atoms with E-state index in [4.69, 9.17) is 9.52 Å². The molecule has 0 bridgehead atoms. The number of nitrogens with one attached hydrogen (secondary N) is 1. The second kappa shape index (κ2) is 5.24. The van der Waals surface area contributed by atoms with Gasteiger partial charge in [-0.2, -0.15) is 4.37 Å². The zero-order valence-corrected chi connectivity index (χ0v) is 12.7. The van der Waals surface area contributed by atoms with Gasteiger partial charge in [-0.05, 0) is 13.0 Å². The molecule has 0 aliphatic rings. The van der Waals surface area contributed by atoms with E-state index in [1.807, 2.05) is 20.8 Å². The van der Waals surface area contributed by atoms with Gasteiger partial charge in [-0.25, -0.2) is 9.78 Å². The SMILES string of the molecule is Cc1oc(CNc2nc(C(C)(C)C)ns2)cc1C(=O)O. The highest BCUT2D eigenvalue weighted by molar-refractivity contribution is 7.09. The lowest BCUT2D eigenvalue weighted by atomic mass is 9.96. The number of aromatic carboxylic acids is 1. The molecule has 0 fully saturated rings. The van der Waals surface area contributed by atoms with Crippen LogP contribution in [0.25, 0.3) is 0 Å². The molecule has 2 rings (SSSR count). The number of aryl methyl sites for hydroxylation is 1. The Bertz CT molecular complexity index is 625. The Morgan fingerprint density at radius 2 is 2.20 bits per heavy atom. The average molecular weight is 295 g/mol. The number of rotatable bonds is 4. The van der Waals surface area contributed by atoms with Crippen LogP contribution in [-0.4, -0.2) is 20.4 Å². The molecule has 2 N–H and O–H groups in total. The van der Waals surface area contributed by atoms with Crippen LogP contribution >= 0.6 is 11.5 Å². The lowest BCUT2D eigenvalue weighted by Gasteiger charge is -2.12. The summed E-state index contributed by atoms with van der Waals surface area (Å²) in [7, 11) is 0. The molecular weight excluding hydrogens is 278 g/mol. The summed E-state index contributed by atoms with van der Waals surface area (Å²) in [6.07, 6.45) is 0. The van der Waals surface area contributed by atoms with Crippen LogP contribution in [-0.2, 0) is 12.0 Å². The first-order chi connectivity index (χ1) is 9.27. The average Bonchev–Trinajstić information content (AvgIpc) is 2.91. The standard InChI is InChI=1S/C13H17N3O3S/c1-7-9(10(17)18)5-8(19-7)6-14-12-15-11(16-20-12)13(2,3)4/h5H,6H2,1-4H3,(H,17,18)(H,14,15,16). The number of carboxylic acids is 1. The van der Waals surface area contributed by atoms with Gasteiger partial charge in [-0.15, -0.1) is 0 Å². The Morgan fingerprint density at radius 3 is 2.70 bits per heavy atom. The number of carboxylic acid groups (broad SMARTS) is 1. The molecule has 7 heteroatoms. The van der Waals surface area contributed by atoms with Gasteiger partial charge in [0.05, 0.1) is 6.54 Å². The first-order valence-corrected chi connectivity index (χ1v) is 6.95. The Balaban J connectivity index is 2.04. The summed E-state index contributed by atoms with van der Waals surface area (Å²) >= 11 is 1.28. The van der Waals surface area contributed by atoms with E-state index < -0.39 is 5.97 Å². The summed E-state index contributed by atoms with van der Waals surface area (Å²) in [5.74, 6) is 0.768. The summed E-state index contributed by atoms with van der Waals surface area (Å²) in [4.78, 5) is 15.3. The zero-order valence-electron chi connectivity index (χ0n) is 11.9. The van der Waals surface area contributed by atoms with Gasteiger partial charge in [-0.3, -0.25) is 0 Å². The fraction of sp³-hybridized carbons (Fsp3) is 0.462. The molecule has 0 spiro atoms. The minimum atomic E-state index is -0.983. The molecule has 2 aromatic rings. The van der Waals surface area contributed by atoms with Crippen molar-refractivity contribution in [1.82, 2.24) is 9.36 Å². The normalized spacial score (nSPS) is 11.6. The predicted octanol–water partition coefficient (Wildman–Crippen LogP) is 3.05. The number of hydrogen-bond donors (Lipinski definition) is 2. The molecule has 0 aliphatic heterocycles. The van der Waals surface area contributed by atoms with Gasteiger partial charge < -0.3 is 14.8 Å². The Morgan fingerprint density at radius 1 is 1.50 bits per heavy atom. The van der Waals surface area contributed by atoms with E-state index in [-0.39, 0.29) is 11.0 Å². The highest BCUT2D eigenvalue weighted by Crippen LogP contribution is 2.23. The summed E-state index contributed by atoms with van der Waals surface area (Å²) in [5, 5.41) is 12.7. The number of carbonyl (C=O) groups is 1. The Kier molecular flexibility index (Phi) is 3.80. The molecule has 0 atom stereocenters. The maximum Gasteiger partial charge on any atom is 0.339 e. The smallest absolute Gasteiger partial charge is 0.339 e. The van der Waals surface area contributed by atoms with E-state index in [2.05, 4.69) is 14.7 Å². The largest absolute Gasteiger partial charge is 0.478 e. The van der Waals surface area contributed by atoms with Crippen LogP contribution in [0.4, 0.5) is 5.13 Å². The van der Waals surface area contributed by atoms with Crippen LogP contribution in [0.15, 0.2) is 10.5 Å². The number of furan rings is 1. The molecule has 0 amide bonds. The maximum absolute atomic E-state index is 10.9. The summed E-state index contributed by atoms with van der Waals surface area (Å²) in [6, 6.07) is 1.52. The van der Waals surface area contributed by atoms with Gasteiger partial charge >= 0.3 is 5.97 Å². The number of hydrogen-bond acceptors (Lipinski definition) is 6. The summed E-state index contributed by atoms with van der Waals surface area (Å²) in [5.41, 5.74) is 0.100. The Labute approximate surface area is 121 Å². The minimum Gasteiger partial charge on any atom is -0.478 e. The quantitative estimate of drug-likeness (QED) is 0.901. The molecule has 0 aromatic carbocycles. The van der Waals surface area contributed by atoms with Gasteiger partial charge in [0.1, 0.15) is 22.9 Å². The number of aromatic nitrogens is 2. The molecule has 6 nitrogen and oxygen atoms in total. The van der Waals surface area contributed by atoms with Crippen LogP contribution < -0.4 is 5.32 Å². The van der Waals surface area contributed by atoms with E-state index in [1.54, 1.807) is 6.92 Å². The van der Waals surface area contributed by atoms with Crippen molar-refractivity contribution in [2.24, 2.45) is 0 Å². The van der Waals surface area contributed by atoms with E-state index >= 15 is 0 Å². The van der Waals surface area contributed by atoms with Gasteiger partial charge in [-0.1, -0.05) is 20.8 Å². The molecule has 20 heavy (non-hydrogen) atoms. The number of anilines is 1. The Hall–Kier alpha value is -1.89. The first-order valence-electron chi connectivity index (χ1n) is 6.18. The third-order valence-electron chi connectivity index (χ3n) is 2.71. The fourth-order valence-corrected chi connectivity index (χ4v) is 2.36. The molecule has 0 aliphatic carbocycles.